The highest BCUT2D eigenvalue weighted by molar-refractivity contribution is 5.23. The molecule has 5 heteroatoms. The first-order valence-electron chi connectivity index (χ1n) is 6.56. The van der Waals surface area contributed by atoms with Crippen molar-refractivity contribution in [3.05, 3.63) is 47.5 Å². The lowest BCUT2D eigenvalue weighted by molar-refractivity contribution is 0.303. The molecule has 0 aliphatic heterocycles. The second-order valence-corrected chi connectivity index (χ2v) is 4.69. The Labute approximate surface area is 114 Å². The van der Waals surface area contributed by atoms with Gasteiger partial charge in [0.1, 0.15) is 12.2 Å². The Morgan fingerprint density at radius 1 is 1.26 bits per heavy atom. The fourth-order valence-electron chi connectivity index (χ4n) is 2.14. The predicted molar refractivity (Wildman–Crippen MR) is 75.2 cm³/mol. The van der Waals surface area contributed by atoms with Crippen molar-refractivity contribution in [1.82, 2.24) is 19.7 Å². The standard InChI is InChI=1S/C14H21N5/c1-3-19-14(16-11-17-19)10-18(2)9-13-6-4-5-12(7-13)8-15/h4-7,11H,3,8-10,15H2,1-2H3. The largest absolute Gasteiger partial charge is 0.326 e. The Morgan fingerprint density at radius 3 is 2.79 bits per heavy atom. The van der Waals surface area contributed by atoms with E-state index in [1.165, 1.54) is 11.1 Å². The summed E-state index contributed by atoms with van der Waals surface area (Å²) in [5.74, 6) is 1.000. The number of aromatic nitrogens is 3. The van der Waals surface area contributed by atoms with Crippen LogP contribution in [0.3, 0.4) is 0 Å². The number of rotatable bonds is 6. The summed E-state index contributed by atoms with van der Waals surface area (Å²) in [4.78, 5) is 6.52. The van der Waals surface area contributed by atoms with Crippen LogP contribution in [0.25, 0.3) is 0 Å². The third kappa shape index (κ3) is 3.62. The molecule has 1 aromatic heterocycles. The Hall–Kier alpha value is -1.72. The number of nitrogens with two attached hydrogens (primary N) is 1. The van der Waals surface area contributed by atoms with Crippen LogP contribution in [-0.4, -0.2) is 26.7 Å². The zero-order chi connectivity index (χ0) is 13.7. The van der Waals surface area contributed by atoms with Gasteiger partial charge < -0.3 is 5.73 Å². The Kier molecular flexibility index (Phi) is 4.65. The zero-order valence-corrected chi connectivity index (χ0v) is 11.6. The minimum atomic E-state index is 0.585. The molecule has 0 saturated heterocycles. The number of aryl methyl sites for hydroxylation is 1. The summed E-state index contributed by atoms with van der Waals surface area (Å²) in [5, 5.41) is 4.18. The molecule has 1 heterocycles. The van der Waals surface area contributed by atoms with E-state index in [0.717, 1.165) is 25.5 Å². The van der Waals surface area contributed by atoms with E-state index in [-0.39, 0.29) is 0 Å². The summed E-state index contributed by atoms with van der Waals surface area (Å²) in [5.41, 5.74) is 8.10. The SMILES string of the molecule is CCn1ncnc1CN(C)Cc1cccc(CN)c1. The second-order valence-electron chi connectivity index (χ2n) is 4.69. The number of hydrogen-bond acceptors (Lipinski definition) is 4. The quantitative estimate of drug-likeness (QED) is 0.851. The first-order valence-corrected chi connectivity index (χ1v) is 6.56. The molecule has 19 heavy (non-hydrogen) atoms. The van der Waals surface area contributed by atoms with E-state index in [0.29, 0.717) is 6.54 Å². The van der Waals surface area contributed by atoms with Crippen molar-refractivity contribution in [2.75, 3.05) is 7.05 Å². The van der Waals surface area contributed by atoms with E-state index in [1.807, 2.05) is 4.68 Å². The fourth-order valence-corrected chi connectivity index (χ4v) is 2.14. The van der Waals surface area contributed by atoms with Crippen molar-refractivity contribution < 1.29 is 0 Å². The van der Waals surface area contributed by atoms with Crippen molar-refractivity contribution in [2.24, 2.45) is 5.73 Å². The first kappa shape index (κ1) is 13.7. The van der Waals surface area contributed by atoms with Gasteiger partial charge in [0.05, 0.1) is 6.54 Å². The maximum Gasteiger partial charge on any atom is 0.140 e. The molecule has 0 spiro atoms. The van der Waals surface area contributed by atoms with Crippen LogP contribution in [0.4, 0.5) is 0 Å². The van der Waals surface area contributed by atoms with E-state index >= 15 is 0 Å². The minimum absolute atomic E-state index is 0.585. The lowest BCUT2D eigenvalue weighted by atomic mass is 10.1. The van der Waals surface area contributed by atoms with Crippen LogP contribution in [0.5, 0.6) is 0 Å². The second kappa shape index (κ2) is 6.45. The molecule has 0 fully saturated rings. The summed E-state index contributed by atoms with van der Waals surface area (Å²) in [6.07, 6.45) is 1.61. The molecule has 0 bridgehead atoms. The van der Waals surface area contributed by atoms with Crippen LogP contribution in [0, 0.1) is 0 Å². The van der Waals surface area contributed by atoms with Crippen molar-refractivity contribution in [2.45, 2.75) is 33.1 Å². The smallest absolute Gasteiger partial charge is 0.140 e. The minimum Gasteiger partial charge on any atom is -0.326 e. The molecule has 2 aromatic rings. The van der Waals surface area contributed by atoms with Gasteiger partial charge in [0.25, 0.3) is 0 Å². The molecule has 0 atom stereocenters. The van der Waals surface area contributed by atoms with Crippen LogP contribution in [0.15, 0.2) is 30.6 Å². The van der Waals surface area contributed by atoms with E-state index < -0.39 is 0 Å². The third-order valence-electron chi connectivity index (χ3n) is 3.09. The van der Waals surface area contributed by atoms with E-state index in [2.05, 4.69) is 53.2 Å². The molecule has 102 valence electrons. The highest BCUT2D eigenvalue weighted by Crippen LogP contribution is 2.09. The summed E-state index contributed by atoms with van der Waals surface area (Å²) in [6, 6.07) is 8.39. The van der Waals surface area contributed by atoms with Gasteiger partial charge in [-0.15, -0.1) is 0 Å². The van der Waals surface area contributed by atoms with Crippen molar-refractivity contribution in [1.29, 1.82) is 0 Å². The molecule has 5 nitrogen and oxygen atoms in total. The van der Waals surface area contributed by atoms with Gasteiger partial charge in [-0.05, 0) is 25.1 Å². The summed E-state index contributed by atoms with van der Waals surface area (Å²) < 4.78 is 1.92. The topological polar surface area (TPSA) is 60.0 Å². The number of nitrogens with zero attached hydrogens (tertiary/aromatic N) is 4. The normalized spacial score (nSPS) is 11.2. The van der Waals surface area contributed by atoms with Crippen molar-refractivity contribution in [3.8, 4) is 0 Å². The Balaban J connectivity index is 1.99. The molecule has 0 radical (unpaired) electrons. The van der Waals surface area contributed by atoms with Crippen LogP contribution in [0.2, 0.25) is 0 Å². The predicted octanol–water partition coefficient (Wildman–Crippen LogP) is 1.39. The highest BCUT2D eigenvalue weighted by Gasteiger charge is 2.07. The van der Waals surface area contributed by atoms with Gasteiger partial charge >= 0.3 is 0 Å². The fraction of sp³-hybridized carbons (Fsp3) is 0.429. The van der Waals surface area contributed by atoms with Gasteiger partial charge in [-0.3, -0.25) is 4.90 Å². The van der Waals surface area contributed by atoms with E-state index in [9.17, 15) is 0 Å². The maximum atomic E-state index is 5.66. The van der Waals surface area contributed by atoms with Crippen LogP contribution >= 0.6 is 0 Å². The van der Waals surface area contributed by atoms with Gasteiger partial charge in [-0.25, -0.2) is 9.67 Å². The Morgan fingerprint density at radius 2 is 2.05 bits per heavy atom. The van der Waals surface area contributed by atoms with Gasteiger partial charge in [-0.1, -0.05) is 24.3 Å². The van der Waals surface area contributed by atoms with Gasteiger partial charge in [0.2, 0.25) is 0 Å². The van der Waals surface area contributed by atoms with Crippen molar-refractivity contribution in [3.63, 3.8) is 0 Å². The van der Waals surface area contributed by atoms with Crippen LogP contribution < -0.4 is 5.73 Å². The first-order chi connectivity index (χ1) is 9.22. The monoisotopic (exact) mass is 259 g/mol. The third-order valence-corrected chi connectivity index (χ3v) is 3.09. The average Bonchev–Trinajstić information content (AvgIpc) is 2.86. The lowest BCUT2D eigenvalue weighted by Crippen LogP contribution is -2.20. The molecule has 0 saturated carbocycles. The molecule has 2 N–H and O–H groups in total. The average molecular weight is 259 g/mol. The zero-order valence-electron chi connectivity index (χ0n) is 11.6. The lowest BCUT2D eigenvalue weighted by Gasteiger charge is -2.16. The van der Waals surface area contributed by atoms with Crippen LogP contribution in [-0.2, 0) is 26.2 Å². The molecular weight excluding hydrogens is 238 g/mol. The molecule has 0 aliphatic carbocycles. The number of hydrogen-bond donors (Lipinski definition) is 1. The number of benzene rings is 1. The van der Waals surface area contributed by atoms with Gasteiger partial charge in [0.15, 0.2) is 0 Å². The highest BCUT2D eigenvalue weighted by atomic mass is 15.3. The molecule has 0 unspecified atom stereocenters. The van der Waals surface area contributed by atoms with E-state index in [1.54, 1.807) is 6.33 Å². The van der Waals surface area contributed by atoms with Gasteiger partial charge in [-0.2, -0.15) is 5.10 Å². The molecule has 0 amide bonds. The van der Waals surface area contributed by atoms with E-state index in [4.69, 9.17) is 5.73 Å². The van der Waals surface area contributed by atoms with Gasteiger partial charge in [0, 0.05) is 19.6 Å². The molecule has 2 rings (SSSR count). The van der Waals surface area contributed by atoms with Crippen LogP contribution in [0.1, 0.15) is 23.9 Å². The molecule has 1 aromatic carbocycles. The molecular formula is C14H21N5. The summed E-state index contributed by atoms with van der Waals surface area (Å²) >= 11 is 0. The summed E-state index contributed by atoms with van der Waals surface area (Å²) in [6.45, 7) is 5.18. The van der Waals surface area contributed by atoms with Crippen molar-refractivity contribution >= 4 is 0 Å². The summed E-state index contributed by atoms with van der Waals surface area (Å²) in [7, 11) is 2.09. The Bertz CT molecular complexity index is 520. The molecule has 0 aliphatic rings. The maximum absolute atomic E-state index is 5.66.